The minimum atomic E-state index is -0.242. The molecule has 2 amide bonds. The number of nitrogens with zero attached hydrogens (tertiary/aromatic N) is 2. The van der Waals surface area contributed by atoms with Gasteiger partial charge in [-0.15, -0.1) is 11.8 Å². The van der Waals surface area contributed by atoms with Crippen LogP contribution in [0, 0.1) is 0 Å². The first-order valence-corrected chi connectivity index (χ1v) is 9.70. The maximum atomic E-state index is 12.6. The topological polar surface area (TPSA) is 61.9 Å². The second-order valence-corrected chi connectivity index (χ2v) is 7.40. The lowest BCUT2D eigenvalue weighted by atomic mass is 10.2. The van der Waals surface area contributed by atoms with Crippen molar-refractivity contribution in [1.82, 2.24) is 4.90 Å². The van der Waals surface area contributed by atoms with Crippen molar-refractivity contribution >= 4 is 35.0 Å². The van der Waals surface area contributed by atoms with Crippen LogP contribution in [0.5, 0.6) is 5.75 Å². The van der Waals surface area contributed by atoms with Gasteiger partial charge in [0, 0.05) is 36.0 Å². The molecule has 1 N–H and O–H groups in total. The summed E-state index contributed by atoms with van der Waals surface area (Å²) in [5.74, 6) is 1.29. The van der Waals surface area contributed by atoms with Gasteiger partial charge >= 0.3 is 0 Å². The molecule has 0 unspecified atom stereocenters. The molecular formula is C20H23N3O3S. The van der Waals surface area contributed by atoms with Crippen molar-refractivity contribution < 1.29 is 14.3 Å². The SMILES string of the molecule is COc1cccc(NC(=O)CN(C)C(=O)CN2CCSc3ccccc32)c1. The van der Waals surface area contributed by atoms with Gasteiger partial charge in [0.1, 0.15) is 5.75 Å². The van der Waals surface area contributed by atoms with Crippen LogP contribution < -0.4 is 15.0 Å². The summed E-state index contributed by atoms with van der Waals surface area (Å²) in [4.78, 5) is 29.6. The number of para-hydroxylation sites is 1. The number of methoxy groups -OCH3 is 1. The summed E-state index contributed by atoms with van der Waals surface area (Å²) in [6.45, 7) is 1.08. The van der Waals surface area contributed by atoms with Gasteiger partial charge in [0.15, 0.2) is 0 Å². The Kier molecular flexibility index (Phi) is 6.24. The van der Waals surface area contributed by atoms with Gasteiger partial charge in [-0.2, -0.15) is 0 Å². The summed E-state index contributed by atoms with van der Waals surface area (Å²) in [7, 11) is 3.22. The van der Waals surface area contributed by atoms with E-state index in [0.29, 0.717) is 11.4 Å². The molecule has 2 aromatic carbocycles. The average molecular weight is 385 g/mol. The fourth-order valence-corrected chi connectivity index (χ4v) is 3.93. The van der Waals surface area contributed by atoms with Crippen LogP contribution in [0.25, 0.3) is 0 Å². The molecule has 7 heteroatoms. The van der Waals surface area contributed by atoms with Crippen LogP contribution >= 0.6 is 11.8 Å². The Labute approximate surface area is 163 Å². The molecule has 27 heavy (non-hydrogen) atoms. The van der Waals surface area contributed by atoms with E-state index in [2.05, 4.69) is 16.3 Å². The summed E-state index contributed by atoms with van der Waals surface area (Å²) < 4.78 is 5.15. The van der Waals surface area contributed by atoms with E-state index < -0.39 is 0 Å². The predicted molar refractivity (Wildman–Crippen MR) is 109 cm³/mol. The van der Waals surface area contributed by atoms with E-state index >= 15 is 0 Å². The van der Waals surface area contributed by atoms with E-state index in [4.69, 9.17) is 4.74 Å². The maximum Gasteiger partial charge on any atom is 0.243 e. The number of amides is 2. The molecule has 0 atom stereocenters. The van der Waals surface area contributed by atoms with Crippen LogP contribution in [0.3, 0.4) is 0 Å². The van der Waals surface area contributed by atoms with Crippen molar-refractivity contribution in [3.05, 3.63) is 48.5 Å². The first-order valence-electron chi connectivity index (χ1n) is 8.71. The molecule has 3 rings (SSSR count). The molecule has 0 spiro atoms. The molecular weight excluding hydrogens is 362 g/mol. The number of nitrogens with one attached hydrogen (secondary N) is 1. The molecule has 0 fully saturated rings. The highest BCUT2D eigenvalue weighted by molar-refractivity contribution is 7.99. The van der Waals surface area contributed by atoms with Crippen LogP contribution in [0.4, 0.5) is 11.4 Å². The molecule has 0 radical (unpaired) electrons. The zero-order valence-electron chi connectivity index (χ0n) is 15.5. The number of hydrogen-bond acceptors (Lipinski definition) is 5. The molecule has 2 aromatic rings. The second kappa shape index (κ2) is 8.81. The Morgan fingerprint density at radius 2 is 2.04 bits per heavy atom. The summed E-state index contributed by atoms with van der Waals surface area (Å²) >= 11 is 1.80. The molecule has 0 bridgehead atoms. The highest BCUT2D eigenvalue weighted by Crippen LogP contribution is 2.34. The normalized spacial score (nSPS) is 12.9. The third kappa shape index (κ3) is 4.95. The largest absolute Gasteiger partial charge is 0.497 e. The number of thioether (sulfide) groups is 1. The Bertz CT molecular complexity index is 828. The van der Waals surface area contributed by atoms with E-state index in [1.807, 2.05) is 18.2 Å². The van der Waals surface area contributed by atoms with Gasteiger partial charge in [0.25, 0.3) is 0 Å². The summed E-state index contributed by atoms with van der Waals surface area (Å²) in [5.41, 5.74) is 1.72. The predicted octanol–water partition coefficient (Wildman–Crippen LogP) is 2.70. The third-order valence-corrected chi connectivity index (χ3v) is 5.35. The Morgan fingerprint density at radius 3 is 2.85 bits per heavy atom. The number of fused-ring (bicyclic) bond motifs is 1. The third-order valence-electron chi connectivity index (χ3n) is 4.31. The quantitative estimate of drug-likeness (QED) is 0.828. The van der Waals surface area contributed by atoms with E-state index in [9.17, 15) is 9.59 Å². The van der Waals surface area contributed by atoms with Crippen LogP contribution in [-0.4, -0.2) is 56.3 Å². The van der Waals surface area contributed by atoms with Crippen molar-refractivity contribution in [2.24, 2.45) is 0 Å². The number of ether oxygens (including phenoxy) is 1. The van der Waals surface area contributed by atoms with E-state index in [0.717, 1.165) is 18.0 Å². The van der Waals surface area contributed by atoms with E-state index in [1.165, 1.54) is 9.80 Å². The van der Waals surface area contributed by atoms with E-state index in [1.54, 1.807) is 50.2 Å². The lowest BCUT2D eigenvalue weighted by Crippen LogP contribution is -2.43. The number of anilines is 2. The second-order valence-electron chi connectivity index (χ2n) is 6.27. The van der Waals surface area contributed by atoms with Crippen molar-refractivity contribution in [1.29, 1.82) is 0 Å². The number of benzene rings is 2. The van der Waals surface area contributed by atoms with Gasteiger partial charge in [-0.1, -0.05) is 18.2 Å². The van der Waals surface area contributed by atoms with Crippen LogP contribution in [-0.2, 0) is 9.59 Å². The number of carbonyl (C=O) groups is 2. The fraction of sp³-hybridized carbons (Fsp3) is 0.300. The highest BCUT2D eigenvalue weighted by Gasteiger charge is 2.21. The molecule has 1 aliphatic rings. The van der Waals surface area contributed by atoms with Gasteiger partial charge in [0.2, 0.25) is 11.8 Å². The Balaban J connectivity index is 1.55. The van der Waals surface area contributed by atoms with Crippen LogP contribution in [0.15, 0.2) is 53.4 Å². The zero-order valence-corrected chi connectivity index (χ0v) is 16.3. The number of likely N-dealkylation sites (N-methyl/N-ethyl adjacent to an activating group) is 1. The molecule has 0 aliphatic carbocycles. The van der Waals surface area contributed by atoms with Gasteiger partial charge in [-0.3, -0.25) is 9.59 Å². The molecule has 6 nitrogen and oxygen atoms in total. The Hall–Kier alpha value is -2.67. The number of hydrogen-bond donors (Lipinski definition) is 1. The fourth-order valence-electron chi connectivity index (χ4n) is 2.88. The lowest BCUT2D eigenvalue weighted by Gasteiger charge is -2.31. The lowest BCUT2D eigenvalue weighted by molar-refractivity contribution is -0.132. The Morgan fingerprint density at radius 1 is 1.22 bits per heavy atom. The molecule has 0 aromatic heterocycles. The molecule has 0 saturated carbocycles. The first-order chi connectivity index (χ1) is 13.1. The summed E-state index contributed by atoms with van der Waals surface area (Å²) in [6, 6.07) is 15.2. The van der Waals surface area contributed by atoms with Crippen molar-refractivity contribution in [3.8, 4) is 5.75 Å². The van der Waals surface area contributed by atoms with Crippen molar-refractivity contribution in [2.75, 3.05) is 49.8 Å². The minimum Gasteiger partial charge on any atom is -0.497 e. The first kappa shape index (κ1) is 19.1. The van der Waals surface area contributed by atoms with E-state index in [-0.39, 0.29) is 24.9 Å². The molecule has 142 valence electrons. The van der Waals surface area contributed by atoms with Crippen molar-refractivity contribution in [2.45, 2.75) is 4.90 Å². The summed E-state index contributed by atoms with van der Waals surface area (Å²) in [5, 5.41) is 2.79. The number of carbonyl (C=O) groups excluding carboxylic acids is 2. The maximum absolute atomic E-state index is 12.6. The smallest absolute Gasteiger partial charge is 0.243 e. The van der Waals surface area contributed by atoms with Crippen molar-refractivity contribution in [3.63, 3.8) is 0 Å². The summed E-state index contributed by atoms with van der Waals surface area (Å²) in [6.07, 6.45) is 0. The molecule has 1 heterocycles. The number of rotatable bonds is 6. The van der Waals surface area contributed by atoms with Crippen LogP contribution in [0.1, 0.15) is 0 Å². The van der Waals surface area contributed by atoms with Gasteiger partial charge in [-0.05, 0) is 24.3 Å². The molecule has 0 saturated heterocycles. The van der Waals surface area contributed by atoms with Gasteiger partial charge < -0.3 is 19.9 Å². The monoisotopic (exact) mass is 385 g/mol. The minimum absolute atomic E-state index is 0.000278. The molecule has 1 aliphatic heterocycles. The van der Waals surface area contributed by atoms with Gasteiger partial charge in [0.05, 0.1) is 25.9 Å². The van der Waals surface area contributed by atoms with Crippen LogP contribution in [0.2, 0.25) is 0 Å². The highest BCUT2D eigenvalue weighted by atomic mass is 32.2. The standard InChI is InChI=1S/C20H23N3O3S/c1-22(13-19(24)21-15-6-5-7-16(12-15)26-2)20(25)14-23-10-11-27-18-9-4-3-8-17(18)23/h3-9,12H,10-11,13-14H2,1-2H3,(H,21,24). The van der Waals surface area contributed by atoms with Gasteiger partial charge in [-0.25, -0.2) is 0 Å². The average Bonchev–Trinajstić information content (AvgIpc) is 2.68. The zero-order chi connectivity index (χ0) is 19.2.